The molecule has 0 aliphatic carbocycles. The van der Waals surface area contributed by atoms with Crippen molar-refractivity contribution in [1.82, 2.24) is 30.8 Å². The molecule has 1 atom stereocenters. The maximum atomic E-state index is 9.24. The number of rotatable bonds is 12. The topological polar surface area (TPSA) is 106 Å². The van der Waals surface area contributed by atoms with E-state index in [1.54, 1.807) is 18.7 Å². The first-order valence-corrected chi connectivity index (χ1v) is 10.3. The monoisotopic (exact) mass is 426 g/mol. The molecular formula is C22H30N6O3. The van der Waals surface area contributed by atoms with Crippen LogP contribution in [0.15, 0.2) is 42.5 Å². The van der Waals surface area contributed by atoms with Crippen molar-refractivity contribution >= 4 is 0 Å². The van der Waals surface area contributed by atoms with Gasteiger partial charge in [0.25, 0.3) is 0 Å². The number of nitrogens with zero attached hydrogens (tertiary/aromatic N) is 4. The molecule has 0 unspecified atom stereocenters. The Bertz CT molecular complexity index is 943. The molecule has 9 nitrogen and oxygen atoms in total. The Morgan fingerprint density at radius 2 is 1.84 bits per heavy atom. The predicted molar refractivity (Wildman–Crippen MR) is 117 cm³/mol. The van der Waals surface area contributed by atoms with Crippen molar-refractivity contribution in [2.75, 3.05) is 26.7 Å². The largest absolute Gasteiger partial charge is 0.493 e. The van der Waals surface area contributed by atoms with Gasteiger partial charge in [-0.2, -0.15) is 4.68 Å². The molecule has 0 saturated carbocycles. The van der Waals surface area contributed by atoms with Gasteiger partial charge in [0, 0.05) is 26.2 Å². The van der Waals surface area contributed by atoms with Crippen LogP contribution >= 0.6 is 0 Å². The third kappa shape index (κ3) is 6.74. The first-order valence-electron chi connectivity index (χ1n) is 10.3. The number of aliphatic hydroxyl groups is 1. The summed E-state index contributed by atoms with van der Waals surface area (Å²) >= 11 is 0. The van der Waals surface area contributed by atoms with Crippen LogP contribution in [0.3, 0.4) is 0 Å². The van der Waals surface area contributed by atoms with Crippen LogP contribution in [0, 0.1) is 6.92 Å². The minimum Gasteiger partial charge on any atom is -0.493 e. The van der Waals surface area contributed by atoms with Gasteiger partial charge in [-0.1, -0.05) is 23.8 Å². The lowest BCUT2D eigenvalue weighted by atomic mass is 10.2. The molecule has 0 aliphatic heterocycles. The lowest BCUT2D eigenvalue weighted by molar-refractivity contribution is 0.191. The SMILES string of the molecule is COc1cc(CNCCNC[C@H](C)O)ccc1OCc1nnnn1-c1ccc(C)cc1. The molecule has 0 spiro atoms. The highest BCUT2D eigenvalue weighted by molar-refractivity contribution is 5.43. The number of aliphatic hydroxyl groups excluding tert-OH is 1. The van der Waals surface area contributed by atoms with Crippen LogP contribution in [0.5, 0.6) is 11.5 Å². The maximum absolute atomic E-state index is 9.24. The number of ether oxygens (including phenoxy) is 2. The summed E-state index contributed by atoms with van der Waals surface area (Å²) in [5.41, 5.74) is 3.14. The number of tetrazole rings is 1. The van der Waals surface area contributed by atoms with Gasteiger partial charge < -0.3 is 25.2 Å². The highest BCUT2D eigenvalue weighted by atomic mass is 16.5. The second-order valence-electron chi connectivity index (χ2n) is 7.35. The van der Waals surface area contributed by atoms with E-state index in [9.17, 15) is 5.11 Å². The molecule has 3 N–H and O–H groups in total. The molecule has 1 heterocycles. The molecule has 0 saturated heterocycles. The van der Waals surface area contributed by atoms with E-state index in [1.165, 1.54) is 5.56 Å². The van der Waals surface area contributed by atoms with Gasteiger partial charge in [0.05, 0.1) is 18.9 Å². The van der Waals surface area contributed by atoms with E-state index in [-0.39, 0.29) is 12.7 Å². The summed E-state index contributed by atoms with van der Waals surface area (Å²) in [6.07, 6.45) is -0.335. The van der Waals surface area contributed by atoms with Gasteiger partial charge >= 0.3 is 0 Å². The molecule has 31 heavy (non-hydrogen) atoms. The number of hydrogen-bond acceptors (Lipinski definition) is 8. The van der Waals surface area contributed by atoms with E-state index in [4.69, 9.17) is 9.47 Å². The maximum Gasteiger partial charge on any atom is 0.194 e. The van der Waals surface area contributed by atoms with Gasteiger partial charge in [-0.3, -0.25) is 0 Å². The van der Waals surface area contributed by atoms with E-state index in [2.05, 4.69) is 26.2 Å². The average Bonchev–Trinajstić information content (AvgIpc) is 3.24. The molecule has 3 aromatic rings. The second kappa shape index (κ2) is 11.4. The fourth-order valence-electron chi connectivity index (χ4n) is 2.99. The van der Waals surface area contributed by atoms with Crippen molar-refractivity contribution in [1.29, 1.82) is 0 Å². The molecule has 0 radical (unpaired) electrons. The minimum atomic E-state index is -0.335. The number of aryl methyl sites for hydroxylation is 1. The number of hydrogen-bond donors (Lipinski definition) is 3. The van der Waals surface area contributed by atoms with E-state index < -0.39 is 0 Å². The van der Waals surface area contributed by atoms with Crippen LogP contribution in [0.1, 0.15) is 23.9 Å². The summed E-state index contributed by atoms with van der Waals surface area (Å²) in [5.74, 6) is 1.88. The Balaban J connectivity index is 1.55. The van der Waals surface area contributed by atoms with E-state index in [1.807, 2.05) is 49.4 Å². The Kier molecular flexibility index (Phi) is 8.34. The first kappa shape index (κ1) is 22.7. The zero-order chi connectivity index (χ0) is 22.1. The van der Waals surface area contributed by atoms with Crippen molar-refractivity contribution in [3.8, 4) is 17.2 Å². The smallest absolute Gasteiger partial charge is 0.194 e. The molecule has 0 amide bonds. The Labute approximate surface area is 182 Å². The van der Waals surface area contributed by atoms with E-state index in [0.717, 1.165) is 24.3 Å². The summed E-state index contributed by atoms with van der Waals surface area (Å²) in [6, 6.07) is 13.8. The predicted octanol–water partition coefficient (Wildman–Crippen LogP) is 1.62. The van der Waals surface area contributed by atoms with Gasteiger partial charge in [0.2, 0.25) is 0 Å². The molecule has 0 fully saturated rings. The third-order valence-electron chi connectivity index (χ3n) is 4.64. The summed E-state index contributed by atoms with van der Waals surface area (Å²) in [5, 5.41) is 27.7. The summed E-state index contributed by atoms with van der Waals surface area (Å²) < 4.78 is 13.1. The van der Waals surface area contributed by atoms with Crippen molar-refractivity contribution in [2.24, 2.45) is 0 Å². The van der Waals surface area contributed by atoms with Crippen LogP contribution in [0.4, 0.5) is 0 Å². The van der Waals surface area contributed by atoms with E-state index >= 15 is 0 Å². The molecular weight excluding hydrogens is 396 g/mol. The molecule has 2 aromatic carbocycles. The summed E-state index contributed by atoms with van der Waals surface area (Å²) in [6.45, 7) is 6.90. The first-order chi connectivity index (χ1) is 15.1. The number of aromatic nitrogens is 4. The summed E-state index contributed by atoms with van der Waals surface area (Å²) in [7, 11) is 1.62. The zero-order valence-electron chi connectivity index (χ0n) is 18.2. The fourth-order valence-corrected chi connectivity index (χ4v) is 2.99. The Morgan fingerprint density at radius 1 is 1.06 bits per heavy atom. The van der Waals surface area contributed by atoms with Crippen LogP contribution in [0.25, 0.3) is 5.69 Å². The van der Waals surface area contributed by atoms with Crippen LogP contribution in [-0.4, -0.2) is 58.2 Å². The highest BCUT2D eigenvalue weighted by Crippen LogP contribution is 2.28. The van der Waals surface area contributed by atoms with Gasteiger partial charge in [0.15, 0.2) is 23.9 Å². The quantitative estimate of drug-likeness (QED) is 0.375. The molecule has 0 aliphatic rings. The van der Waals surface area contributed by atoms with Gasteiger partial charge in [0.1, 0.15) is 0 Å². The number of benzene rings is 2. The van der Waals surface area contributed by atoms with Crippen molar-refractivity contribution in [3.05, 3.63) is 59.4 Å². The number of methoxy groups -OCH3 is 1. The lowest BCUT2D eigenvalue weighted by Crippen LogP contribution is -2.31. The van der Waals surface area contributed by atoms with Crippen molar-refractivity contribution in [2.45, 2.75) is 33.1 Å². The van der Waals surface area contributed by atoms with Crippen LogP contribution in [0.2, 0.25) is 0 Å². The normalized spacial score (nSPS) is 12.0. The molecule has 3 rings (SSSR count). The third-order valence-corrected chi connectivity index (χ3v) is 4.64. The Hall–Kier alpha value is -3.01. The van der Waals surface area contributed by atoms with E-state index in [0.29, 0.717) is 30.4 Å². The van der Waals surface area contributed by atoms with Gasteiger partial charge in [-0.05, 0) is 54.1 Å². The Morgan fingerprint density at radius 3 is 2.58 bits per heavy atom. The van der Waals surface area contributed by atoms with Crippen molar-refractivity contribution in [3.63, 3.8) is 0 Å². The molecule has 0 bridgehead atoms. The summed E-state index contributed by atoms with van der Waals surface area (Å²) in [4.78, 5) is 0. The average molecular weight is 427 g/mol. The van der Waals surface area contributed by atoms with Crippen molar-refractivity contribution < 1.29 is 14.6 Å². The van der Waals surface area contributed by atoms with Gasteiger partial charge in [-0.25, -0.2) is 0 Å². The second-order valence-corrected chi connectivity index (χ2v) is 7.35. The van der Waals surface area contributed by atoms with Gasteiger partial charge in [-0.15, -0.1) is 5.10 Å². The highest BCUT2D eigenvalue weighted by Gasteiger charge is 2.12. The fraction of sp³-hybridized carbons (Fsp3) is 0.409. The standard InChI is InChI=1S/C22H30N6O3/c1-16-4-7-19(8-5-16)28-22(25-26-27-28)15-31-20-9-6-18(12-21(20)30-3)14-24-11-10-23-13-17(2)29/h4-9,12,17,23-24,29H,10-11,13-15H2,1-3H3/t17-/m0/s1. The van der Waals surface area contributed by atoms with Crippen LogP contribution in [-0.2, 0) is 13.2 Å². The molecule has 9 heteroatoms. The zero-order valence-corrected chi connectivity index (χ0v) is 18.2. The molecule has 1 aromatic heterocycles. The lowest BCUT2D eigenvalue weighted by Gasteiger charge is -2.13. The van der Waals surface area contributed by atoms with Crippen LogP contribution < -0.4 is 20.1 Å². The molecule has 166 valence electrons. The number of nitrogens with one attached hydrogen (secondary N) is 2. The minimum absolute atomic E-state index is 0.212.